The molecule has 0 radical (unpaired) electrons. The van der Waals surface area contributed by atoms with Gasteiger partial charge in [-0.3, -0.25) is 10.2 Å². The number of nitrogens with zero attached hydrogens (tertiary/aromatic N) is 3. The minimum Gasteiger partial charge on any atom is -0.497 e. The van der Waals surface area contributed by atoms with Gasteiger partial charge in [-0.1, -0.05) is 54.1 Å². The number of aromatic amines is 1. The third-order valence-corrected chi connectivity index (χ3v) is 6.57. The van der Waals surface area contributed by atoms with Crippen molar-refractivity contribution in [2.24, 2.45) is 5.10 Å². The highest BCUT2D eigenvalue weighted by Crippen LogP contribution is 2.46. The fraction of sp³-hybridized carbons (Fsp3) is 0.0714. The Bertz CT molecular complexity index is 1790. The van der Waals surface area contributed by atoms with Gasteiger partial charge in [-0.05, 0) is 35.4 Å². The summed E-state index contributed by atoms with van der Waals surface area (Å²) >= 11 is 6.17. The van der Waals surface area contributed by atoms with Gasteiger partial charge < -0.3 is 14.5 Å². The number of methoxy groups -OCH3 is 1. The molecule has 0 amide bonds. The molecule has 3 aromatic carbocycles. The van der Waals surface area contributed by atoms with Gasteiger partial charge in [-0.25, -0.2) is 9.66 Å². The summed E-state index contributed by atoms with van der Waals surface area (Å²) in [5.74, 6) is 0.612. The van der Waals surface area contributed by atoms with Gasteiger partial charge in [0.25, 0.3) is 5.56 Å². The van der Waals surface area contributed by atoms with E-state index in [1.165, 1.54) is 11.0 Å². The minimum absolute atomic E-state index is 0.0528. The van der Waals surface area contributed by atoms with Gasteiger partial charge in [0.15, 0.2) is 5.49 Å². The molecule has 3 heterocycles. The van der Waals surface area contributed by atoms with E-state index in [0.717, 1.165) is 11.1 Å². The summed E-state index contributed by atoms with van der Waals surface area (Å²) in [4.78, 5) is 21.0. The van der Waals surface area contributed by atoms with Crippen LogP contribution in [0.2, 0.25) is 5.02 Å². The number of fused-ring (bicyclic) bond motifs is 4. The number of halogens is 1. The van der Waals surface area contributed by atoms with E-state index in [0.29, 0.717) is 38.6 Å². The SMILES string of the molecule is COc1ccc2c3c(c(=O)[nH]c2c1)C(c1ccc(Cl)cc1)c1c(ncn(/N=C/c2ccccc2)c1=N)O3. The molecule has 9 heteroatoms. The largest absolute Gasteiger partial charge is 0.497 e. The van der Waals surface area contributed by atoms with Gasteiger partial charge in [0.1, 0.15) is 17.8 Å². The quantitative estimate of drug-likeness (QED) is 0.325. The standard InChI is InChI=1S/C28H20ClN5O3/c1-36-19-11-12-20-21(13-19)33-27(35)23-22(17-7-9-18(29)10-8-17)24-26(30)34(15-31-28(24)37-25(20)23)32-14-16-5-3-2-4-6-16/h2-15,22,30H,1H3,(H,33,35)/b30-26?,32-14+. The normalized spacial score (nSPS) is 14.3. The van der Waals surface area contributed by atoms with Crippen molar-refractivity contribution in [3.63, 3.8) is 0 Å². The number of aromatic nitrogens is 3. The molecule has 1 unspecified atom stereocenters. The maximum Gasteiger partial charge on any atom is 0.256 e. The molecule has 37 heavy (non-hydrogen) atoms. The zero-order chi connectivity index (χ0) is 25.5. The Kier molecular flexibility index (Phi) is 5.58. The average molecular weight is 510 g/mol. The van der Waals surface area contributed by atoms with Crippen molar-refractivity contribution < 1.29 is 9.47 Å². The van der Waals surface area contributed by atoms with Gasteiger partial charge in [0.05, 0.1) is 35.9 Å². The Hall–Kier alpha value is -4.69. The predicted octanol–water partition coefficient (Wildman–Crippen LogP) is 5.03. The first-order valence-electron chi connectivity index (χ1n) is 11.5. The van der Waals surface area contributed by atoms with Crippen molar-refractivity contribution in [3.8, 4) is 17.4 Å². The molecule has 1 aliphatic rings. The minimum atomic E-state index is -0.634. The molecule has 0 aliphatic carbocycles. The number of nitrogens with one attached hydrogen (secondary N) is 2. The zero-order valence-electron chi connectivity index (χ0n) is 19.6. The van der Waals surface area contributed by atoms with Crippen LogP contribution in [0.4, 0.5) is 0 Å². The fourth-order valence-electron chi connectivity index (χ4n) is 4.55. The number of hydrogen-bond donors (Lipinski definition) is 2. The highest BCUT2D eigenvalue weighted by Gasteiger charge is 2.35. The monoisotopic (exact) mass is 509 g/mol. The zero-order valence-corrected chi connectivity index (χ0v) is 20.4. The summed E-state index contributed by atoms with van der Waals surface area (Å²) in [6.07, 6.45) is 3.08. The molecule has 0 fully saturated rings. The Labute approximate surface area is 215 Å². The molecule has 2 aromatic heterocycles. The van der Waals surface area contributed by atoms with Crippen molar-refractivity contribution in [2.75, 3.05) is 7.11 Å². The molecule has 6 rings (SSSR count). The lowest BCUT2D eigenvalue weighted by atomic mass is 9.84. The van der Waals surface area contributed by atoms with Crippen molar-refractivity contribution in [1.29, 1.82) is 5.41 Å². The topological polar surface area (TPSA) is 105 Å². The van der Waals surface area contributed by atoms with Crippen molar-refractivity contribution in [2.45, 2.75) is 5.92 Å². The number of pyridine rings is 1. The second kappa shape index (κ2) is 9.07. The molecule has 0 bridgehead atoms. The lowest BCUT2D eigenvalue weighted by molar-refractivity contribution is 0.414. The molecule has 2 N–H and O–H groups in total. The molecule has 0 spiro atoms. The van der Waals surface area contributed by atoms with Crippen molar-refractivity contribution in [1.82, 2.24) is 14.6 Å². The molecule has 182 valence electrons. The molecule has 0 saturated heterocycles. The molecule has 0 saturated carbocycles. The van der Waals surface area contributed by atoms with Gasteiger partial charge >= 0.3 is 0 Å². The van der Waals surface area contributed by atoms with Gasteiger partial charge in [0.2, 0.25) is 5.88 Å². The van der Waals surface area contributed by atoms with E-state index in [1.807, 2.05) is 48.5 Å². The summed E-state index contributed by atoms with van der Waals surface area (Å²) in [5, 5.41) is 14.7. The predicted molar refractivity (Wildman–Crippen MR) is 141 cm³/mol. The summed E-state index contributed by atoms with van der Waals surface area (Å²) < 4.78 is 12.9. The highest BCUT2D eigenvalue weighted by atomic mass is 35.5. The first kappa shape index (κ1) is 22.8. The van der Waals surface area contributed by atoms with Crippen LogP contribution in [0, 0.1) is 5.41 Å². The highest BCUT2D eigenvalue weighted by molar-refractivity contribution is 6.30. The third-order valence-electron chi connectivity index (χ3n) is 6.32. The second-order valence-electron chi connectivity index (χ2n) is 8.51. The molecule has 1 atom stereocenters. The number of ether oxygens (including phenoxy) is 2. The van der Waals surface area contributed by atoms with Crippen LogP contribution in [0.1, 0.15) is 28.2 Å². The Balaban J connectivity index is 1.59. The molecule has 1 aliphatic heterocycles. The van der Waals surface area contributed by atoms with Crippen LogP contribution in [-0.2, 0) is 0 Å². The van der Waals surface area contributed by atoms with Crippen LogP contribution in [0.3, 0.4) is 0 Å². The van der Waals surface area contributed by atoms with Crippen molar-refractivity contribution in [3.05, 3.63) is 122 Å². The summed E-state index contributed by atoms with van der Waals surface area (Å²) in [6, 6.07) is 22.1. The van der Waals surface area contributed by atoms with E-state index in [1.54, 1.807) is 37.6 Å². The number of benzene rings is 3. The molecule has 8 nitrogen and oxygen atoms in total. The number of H-pyrrole nitrogens is 1. The van der Waals surface area contributed by atoms with Crippen LogP contribution < -0.4 is 20.5 Å². The van der Waals surface area contributed by atoms with Crippen LogP contribution >= 0.6 is 11.6 Å². The number of rotatable bonds is 4. The molecular weight excluding hydrogens is 490 g/mol. The number of hydrogen-bond acceptors (Lipinski definition) is 6. The van der Waals surface area contributed by atoms with Crippen LogP contribution in [0.5, 0.6) is 17.4 Å². The average Bonchev–Trinajstić information content (AvgIpc) is 2.92. The lowest BCUT2D eigenvalue weighted by Crippen LogP contribution is -2.31. The first-order valence-corrected chi connectivity index (χ1v) is 11.8. The van der Waals surface area contributed by atoms with Crippen LogP contribution in [0.15, 0.2) is 89.0 Å². The van der Waals surface area contributed by atoms with Gasteiger partial charge in [0, 0.05) is 16.5 Å². The van der Waals surface area contributed by atoms with E-state index in [2.05, 4.69) is 15.1 Å². The van der Waals surface area contributed by atoms with E-state index in [9.17, 15) is 4.79 Å². The fourth-order valence-corrected chi connectivity index (χ4v) is 4.67. The van der Waals surface area contributed by atoms with Crippen LogP contribution in [0.25, 0.3) is 10.9 Å². The van der Waals surface area contributed by atoms with Crippen LogP contribution in [-0.4, -0.2) is 28.0 Å². The van der Waals surface area contributed by atoms with E-state index in [-0.39, 0.29) is 16.9 Å². The summed E-state index contributed by atoms with van der Waals surface area (Å²) in [6.45, 7) is 0. The van der Waals surface area contributed by atoms with E-state index in [4.69, 9.17) is 26.5 Å². The maximum absolute atomic E-state index is 13.5. The molecule has 5 aromatic rings. The second-order valence-corrected chi connectivity index (χ2v) is 8.94. The van der Waals surface area contributed by atoms with Gasteiger partial charge in [-0.2, -0.15) is 5.10 Å². The van der Waals surface area contributed by atoms with Crippen molar-refractivity contribution >= 4 is 28.7 Å². The van der Waals surface area contributed by atoms with E-state index < -0.39 is 5.92 Å². The molecular formula is C28H20ClN5O3. The Morgan fingerprint density at radius 3 is 2.65 bits per heavy atom. The van der Waals surface area contributed by atoms with E-state index >= 15 is 0 Å². The maximum atomic E-state index is 13.5. The third kappa shape index (κ3) is 3.97. The lowest BCUT2D eigenvalue weighted by Gasteiger charge is -2.28. The first-order chi connectivity index (χ1) is 18.0. The summed E-state index contributed by atoms with van der Waals surface area (Å²) in [7, 11) is 1.57. The smallest absolute Gasteiger partial charge is 0.256 e. The summed E-state index contributed by atoms with van der Waals surface area (Å²) in [5.41, 5.74) is 2.76. The Morgan fingerprint density at radius 1 is 1.11 bits per heavy atom. The Morgan fingerprint density at radius 2 is 1.89 bits per heavy atom. The van der Waals surface area contributed by atoms with Gasteiger partial charge in [-0.15, -0.1) is 0 Å².